The summed E-state index contributed by atoms with van der Waals surface area (Å²) in [5, 5.41) is 0. The first kappa shape index (κ1) is 21.8. The van der Waals surface area contributed by atoms with Crippen LogP contribution in [0.2, 0.25) is 0 Å². The second-order valence-electron chi connectivity index (χ2n) is 6.87. The number of hydrogen-bond acceptors (Lipinski definition) is 4. The number of nitrogens with two attached hydrogens (primary N) is 1. The number of rotatable bonds is 3. The molecule has 2 heterocycles. The average Bonchev–Trinajstić information content (AvgIpc) is 2.94. The number of likely N-dealkylation sites (tertiary alicyclic amines) is 1. The monoisotopic (exact) mass is 393 g/mol. The Labute approximate surface area is 158 Å². The van der Waals surface area contributed by atoms with Crippen LogP contribution in [0, 0.1) is 17.0 Å². The zero-order valence-electron chi connectivity index (χ0n) is 14.2. The molecule has 1 saturated heterocycles. The summed E-state index contributed by atoms with van der Waals surface area (Å²) in [4.78, 5) is 6.67. The molecule has 25 heavy (non-hydrogen) atoms. The third-order valence-corrected chi connectivity index (χ3v) is 4.50. The van der Waals surface area contributed by atoms with Crippen LogP contribution in [-0.2, 0) is 6.54 Å². The first-order chi connectivity index (χ1) is 10.8. The first-order valence-corrected chi connectivity index (χ1v) is 7.73. The van der Waals surface area contributed by atoms with E-state index in [0.29, 0.717) is 18.0 Å². The minimum absolute atomic E-state index is 0. The number of nitrogens with zero attached hydrogens (tertiary/aromatic N) is 2. The van der Waals surface area contributed by atoms with E-state index in [2.05, 4.69) is 23.7 Å². The number of aromatic nitrogens is 1. The summed E-state index contributed by atoms with van der Waals surface area (Å²) in [7, 11) is 0. The molecular formula is C17H23Cl2F2N3O. The molecule has 0 aliphatic carbocycles. The van der Waals surface area contributed by atoms with Crippen molar-refractivity contribution in [3.8, 4) is 11.5 Å². The van der Waals surface area contributed by atoms with Crippen LogP contribution in [0.15, 0.2) is 28.9 Å². The largest absolute Gasteiger partial charge is 0.444 e. The Morgan fingerprint density at radius 2 is 2.00 bits per heavy atom. The van der Waals surface area contributed by atoms with Crippen LogP contribution >= 0.6 is 24.8 Å². The Balaban J connectivity index is 0.00000156. The highest BCUT2D eigenvalue weighted by atomic mass is 35.5. The molecule has 1 atom stereocenters. The highest BCUT2D eigenvalue weighted by molar-refractivity contribution is 5.85. The van der Waals surface area contributed by atoms with E-state index in [1.54, 1.807) is 6.26 Å². The molecule has 140 valence electrons. The fourth-order valence-electron chi connectivity index (χ4n) is 2.99. The lowest BCUT2D eigenvalue weighted by Gasteiger charge is -2.42. The number of hydrogen-bond donors (Lipinski definition) is 1. The summed E-state index contributed by atoms with van der Waals surface area (Å²) in [6.07, 6.45) is 2.51. The van der Waals surface area contributed by atoms with E-state index in [1.807, 2.05) is 0 Å². The Bertz CT molecular complexity index is 709. The summed E-state index contributed by atoms with van der Waals surface area (Å²) in [5.74, 6) is -1.49. The van der Waals surface area contributed by atoms with Gasteiger partial charge in [-0.15, -0.1) is 24.8 Å². The zero-order chi connectivity index (χ0) is 16.6. The Morgan fingerprint density at radius 3 is 2.64 bits per heavy atom. The van der Waals surface area contributed by atoms with Crippen molar-refractivity contribution < 1.29 is 13.2 Å². The molecule has 1 aromatic carbocycles. The van der Waals surface area contributed by atoms with E-state index >= 15 is 0 Å². The summed E-state index contributed by atoms with van der Waals surface area (Å²) in [6, 6.07) is 3.82. The maximum Gasteiger partial charge on any atom is 0.226 e. The fraction of sp³-hybridized carbons (Fsp3) is 0.471. The minimum atomic E-state index is -0.908. The van der Waals surface area contributed by atoms with Crippen molar-refractivity contribution in [3.63, 3.8) is 0 Å². The van der Waals surface area contributed by atoms with Gasteiger partial charge in [0.2, 0.25) is 5.89 Å². The molecule has 0 amide bonds. The molecule has 1 aliphatic heterocycles. The van der Waals surface area contributed by atoms with Gasteiger partial charge in [-0.05, 0) is 30.0 Å². The lowest BCUT2D eigenvalue weighted by atomic mass is 9.80. The van der Waals surface area contributed by atoms with Crippen LogP contribution in [0.4, 0.5) is 8.78 Å². The summed E-state index contributed by atoms with van der Waals surface area (Å²) < 4.78 is 31.7. The number of piperidine rings is 1. The maximum atomic E-state index is 13.3. The van der Waals surface area contributed by atoms with Crippen LogP contribution in [0.25, 0.3) is 11.5 Å². The van der Waals surface area contributed by atoms with Crippen LogP contribution in [0.1, 0.15) is 26.0 Å². The maximum absolute atomic E-state index is 13.3. The van der Waals surface area contributed by atoms with Gasteiger partial charge >= 0.3 is 0 Å². The molecular weight excluding hydrogens is 371 g/mol. The Morgan fingerprint density at radius 1 is 1.28 bits per heavy atom. The normalized spacial score (nSPS) is 19.8. The van der Waals surface area contributed by atoms with Gasteiger partial charge in [0.1, 0.15) is 6.26 Å². The number of oxazole rings is 1. The van der Waals surface area contributed by atoms with Gasteiger partial charge in [0.25, 0.3) is 0 Å². The molecule has 0 spiro atoms. The smallest absolute Gasteiger partial charge is 0.226 e. The zero-order valence-corrected chi connectivity index (χ0v) is 15.8. The van der Waals surface area contributed by atoms with Gasteiger partial charge in [0.15, 0.2) is 11.6 Å². The van der Waals surface area contributed by atoms with Crippen molar-refractivity contribution in [2.75, 3.05) is 13.1 Å². The van der Waals surface area contributed by atoms with Gasteiger partial charge in [0.05, 0.1) is 5.69 Å². The molecule has 8 heteroatoms. The summed E-state index contributed by atoms with van der Waals surface area (Å²) in [6.45, 7) is 6.79. The Kier molecular flexibility index (Phi) is 7.38. The van der Waals surface area contributed by atoms with E-state index in [4.69, 9.17) is 10.2 Å². The highest BCUT2D eigenvalue weighted by Crippen LogP contribution is 2.29. The third kappa shape index (κ3) is 4.91. The van der Waals surface area contributed by atoms with E-state index in [0.717, 1.165) is 37.3 Å². The lowest BCUT2D eigenvalue weighted by Crippen LogP contribution is -2.52. The molecule has 1 aromatic heterocycles. The molecule has 4 nitrogen and oxygen atoms in total. The molecule has 2 N–H and O–H groups in total. The van der Waals surface area contributed by atoms with Crippen molar-refractivity contribution in [3.05, 3.63) is 41.8 Å². The van der Waals surface area contributed by atoms with Crippen molar-refractivity contribution in [1.82, 2.24) is 9.88 Å². The topological polar surface area (TPSA) is 55.3 Å². The second-order valence-corrected chi connectivity index (χ2v) is 6.87. The predicted octanol–water partition coefficient (Wildman–Crippen LogP) is 4.02. The quantitative estimate of drug-likeness (QED) is 0.855. The summed E-state index contributed by atoms with van der Waals surface area (Å²) >= 11 is 0. The van der Waals surface area contributed by atoms with Gasteiger partial charge in [-0.25, -0.2) is 13.8 Å². The van der Waals surface area contributed by atoms with Gasteiger partial charge in [0, 0.05) is 31.2 Å². The second kappa shape index (κ2) is 8.45. The van der Waals surface area contributed by atoms with Crippen molar-refractivity contribution in [2.45, 2.75) is 32.9 Å². The van der Waals surface area contributed by atoms with Crippen molar-refractivity contribution in [1.29, 1.82) is 0 Å². The van der Waals surface area contributed by atoms with E-state index in [9.17, 15) is 8.78 Å². The fourth-order valence-corrected chi connectivity index (χ4v) is 2.99. The SMILES string of the molecule is CC1(C)CN(Cc2coc(-c3ccc(F)c(F)c3)n2)CCC1N.Cl.Cl. The van der Waals surface area contributed by atoms with E-state index < -0.39 is 11.6 Å². The minimum Gasteiger partial charge on any atom is -0.444 e. The standard InChI is InChI=1S/C17H21F2N3O.2ClH/c1-17(2)10-22(6-5-15(17)20)8-12-9-23-16(21-12)11-3-4-13(18)14(19)7-11;;/h3-4,7,9,15H,5-6,8,10,20H2,1-2H3;2*1H. The molecule has 1 aliphatic rings. The predicted molar refractivity (Wildman–Crippen MR) is 98.0 cm³/mol. The average molecular weight is 394 g/mol. The van der Waals surface area contributed by atoms with Gasteiger partial charge in [-0.3, -0.25) is 4.90 Å². The number of halogens is 4. The number of benzene rings is 1. The molecule has 3 rings (SSSR count). The summed E-state index contributed by atoms with van der Waals surface area (Å²) in [5.41, 5.74) is 7.41. The van der Waals surface area contributed by atoms with Crippen molar-refractivity contribution >= 4 is 24.8 Å². The van der Waals surface area contributed by atoms with Crippen LogP contribution in [-0.4, -0.2) is 29.0 Å². The molecule has 0 bridgehead atoms. The lowest BCUT2D eigenvalue weighted by molar-refractivity contribution is 0.0889. The molecule has 0 radical (unpaired) electrons. The van der Waals surface area contributed by atoms with Crippen LogP contribution < -0.4 is 5.73 Å². The van der Waals surface area contributed by atoms with E-state index in [1.165, 1.54) is 6.07 Å². The van der Waals surface area contributed by atoms with Crippen LogP contribution in [0.3, 0.4) is 0 Å². The van der Waals surface area contributed by atoms with Gasteiger partial charge in [-0.1, -0.05) is 13.8 Å². The third-order valence-electron chi connectivity index (χ3n) is 4.50. The Hall–Kier alpha value is -1.21. The molecule has 2 aromatic rings. The van der Waals surface area contributed by atoms with Gasteiger partial charge < -0.3 is 10.2 Å². The molecule has 0 saturated carbocycles. The molecule has 1 fully saturated rings. The van der Waals surface area contributed by atoms with Gasteiger partial charge in [-0.2, -0.15) is 0 Å². The highest BCUT2D eigenvalue weighted by Gasteiger charge is 2.33. The van der Waals surface area contributed by atoms with E-state index in [-0.39, 0.29) is 36.3 Å². The first-order valence-electron chi connectivity index (χ1n) is 7.73. The van der Waals surface area contributed by atoms with Crippen molar-refractivity contribution in [2.24, 2.45) is 11.1 Å². The molecule has 1 unspecified atom stereocenters. The van der Waals surface area contributed by atoms with Crippen LogP contribution in [0.5, 0.6) is 0 Å².